The molecule has 8 aliphatic rings. The third-order valence-electron chi connectivity index (χ3n) is 20.2. The van der Waals surface area contributed by atoms with Gasteiger partial charge in [-0.05, 0) is 367 Å². The van der Waals surface area contributed by atoms with E-state index in [2.05, 4.69) is 37.5 Å². The molecule has 0 aliphatic heterocycles. The number of rotatable bonds is 10. The summed E-state index contributed by atoms with van der Waals surface area (Å²) in [6, 6.07) is 0. The molecule has 67 heavy (non-hydrogen) atoms. The minimum absolute atomic E-state index is 1.07. The van der Waals surface area contributed by atoms with E-state index in [0.29, 0.717) is 0 Å². The summed E-state index contributed by atoms with van der Waals surface area (Å²) in [4.78, 5) is 6.26. The molecule has 12 rings (SSSR count). The zero-order valence-corrected chi connectivity index (χ0v) is 43.1. The van der Waals surface area contributed by atoms with Gasteiger partial charge in [0.2, 0.25) is 0 Å². The van der Waals surface area contributed by atoms with Gasteiger partial charge < -0.3 is 0 Å². The Labute approximate surface area is 407 Å². The van der Waals surface area contributed by atoms with E-state index in [1.165, 1.54) is 205 Å². The van der Waals surface area contributed by atoms with Crippen LogP contribution in [0.15, 0.2) is 0 Å². The second-order valence-electron chi connectivity index (χ2n) is 23.8. The first-order chi connectivity index (χ1) is 32.9. The van der Waals surface area contributed by atoms with Crippen LogP contribution < -0.4 is 0 Å². The molecule has 0 saturated heterocycles. The Bertz CT molecular complexity index is 2080. The zero-order valence-electron chi connectivity index (χ0n) is 43.1. The maximum absolute atomic E-state index is 3.13. The largest absolute Gasteiger partial charge is 0.282 e. The van der Waals surface area contributed by atoms with E-state index < -0.39 is 0 Å². The minimum atomic E-state index is 1.07. The van der Waals surface area contributed by atoms with Gasteiger partial charge in [0.1, 0.15) is 0 Å². The van der Waals surface area contributed by atoms with E-state index in [9.17, 15) is 0 Å². The van der Waals surface area contributed by atoms with Gasteiger partial charge in [-0.3, -0.25) is 9.80 Å². The normalized spacial score (nSPS) is 19.8. The van der Waals surface area contributed by atoms with Gasteiger partial charge in [-0.1, -0.05) is 0 Å². The molecule has 0 spiro atoms. The Morgan fingerprint density at radius 1 is 0.209 bits per heavy atom. The molecule has 0 aromatic heterocycles. The highest BCUT2D eigenvalue weighted by Crippen LogP contribution is 2.44. The first-order valence-electron chi connectivity index (χ1n) is 29.0. The number of hydrogen-bond donors (Lipinski definition) is 0. The number of fused-ring (bicyclic) bond motifs is 8. The predicted octanol–water partition coefficient (Wildman–Crippen LogP) is 14.6. The highest BCUT2D eigenvalue weighted by molar-refractivity contribution is 5.57. The van der Waals surface area contributed by atoms with Crippen LogP contribution in [-0.4, -0.2) is 16.5 Å². The summed E-state index contributed by atoms with van der Waals surface area (Å²) in [5, 5.41) is 0. The predicted molar refractivity (Wildman–Crippen MR) is 281 cm³/mol. The Morgan fingerprint density at radius 2 is 0.343 bits per heavy atom. The number of nitrogens with zero attached hydrogens (tertiary/aromatic N) is 2. The molecule has 8 aliphatic carbocycles. The van der Waals surface area contributed by atoms with Crippen molar-refractivity contribution in [1.29, 1.82) is 0 Å². The van der Waals surface area contributed by atoms with Gasteiger partial charge in [0, 0.05) is 26.2 Å². The van der Waals surface area contributed by atoms with Crippen molar-refractivity contribution in [3.63, 3.8) is 0 Å². The highest BCUT2D eigenvalue weighted by atomic mass is 15.3. The number of benzene rings is 4. The SMILES string of the molecule is Cc1c2c(c(CN(Cc3c4c(c(C)c5c3CCCC5)CCCC4)CN(Cc3c4c(c(C)c5c3CCCC5)CCCC4)Cc3c4c(c(C)c5c3CCCC5)CCCC4)c3c1CCCC3)CCCC2. The molecule has 0 radical (unpaired) electrons. The fraction of sp³-hybridized carbons (Fsp3) is 0.631. The Morgan fingerprint density at radius 3 is 0.493 bits per heavy atom. The van der Waals surface area contributed by atoms with Crippen molar-refractivity contribution in [3.05, 3.63) is 134 Å². The average molecular weight is 895 g/mol. The van der Waals surface area contributed by atoms with Crippen LogP contribution in [0, 0.1) is 27.7 Å². The minimum Gasteiger partial charge on any atom is -0.282 e. The maximum Gasteiger partial charge on any atom is 0.0519 e. The quantitative estimate of drug-likeness (QED) is 0.146. The van der Waals surface area contributed by atoms with Gasteiger partial charge >= 0.3 is 0 Å². The van der Waals surface area contributed by atoms with Gasteiger partial charge in [-0.25, -0.2) is 0 Å². The van der Waals surface area contributed by atoms with Crippen LogP contribution in [0.1, 0.15) is 236 Å². The third kappa shape index (κ3) is 8.15. The third-order valence-corrected chi connectivity index (χ3v) is 20.2. The molecule has 356 valence electrons. The van der Waals surface area contributed by atoms with Crippen LogP contribution in [0.2, 0.25) is 0 Å². The molecule has 0 atom stereocenters. The Balaban J connectivity index is 1.04. The van der Waals surface area contributed by atoms with E-state index in [-0.39, 0.29) is 0 Å². The van der Waals surface area contributed by atoms with Crippen LogP contribution in [0.4, 0.5) is 0 Å². The summed E-state index contributed by atoms with van der Waals surface area (Å²) in [6.45, 7) is 15.7. The van der Waals surface area contributed by atoms with Gasteiger partial charge in [0.25, 0.3) is 0 Å². The highest BCUT2D eigenvalue weighted by Gasteiger charge is 2.33. The molecule has 4 aromatic carbocycles. The lowest BCUT2D eigenvalue weighted by atomic mass is 9.75. The molecular formula is C65H86N2. The fourth-order valence-corrected chi connectivity index (χ4v) is 16.9. The lowest BCUT2D eigenvalue weighted by Crippen LogP contribution is -2.39. The average Bonchev–Trinajstić information content (AvgIpc) is 3.38. The standard InChI is InChI=1S/C65H86N2/c1-42-46-21-5-13-29-54(46)62(55-30-14-6-22-47(42)55)37-66(38-63-56-31-15-7-23-48(56)43(2)49-24-8-16-32-57(49)63)41-67(39-64-58-33-17-9-25-50(58)44(3)51-26-10-18-34-59(51)64)40-65-60-35-19-11-27-52(60)45(4)53-28-12-20-36-61(53)65/h5-41H2,1-4H3. The second-order valence-corrected chi connectivity index (χ2v) is 23.8. The smallest absolute Gasteiger partial charge is 0.0519 e. The van der Waals surface area contributed by atoms with Crippen LogP contribution >= 0.6 is 0 Å². The molecule has 0 unspecified atom stereocenters. The van der Waals surface area contributed by atoms with Gasteiger partial charge in [0.05, 0.1) is 6.67 Å². The molecule has 0 N–H and O–H groups in total. The van der Waals surface area contributed by atoms with Crippen LogP contribution in [-0.2, 0) is 129 Å². The molecule has 0 heterocycles. The zero-order chi connectivity index (χ0) is 45.2. The molecule has 2 nitrogen and oxygen atoms in total. The van der Waals surface area contributed by atoms with Crippen molar-refractivity contribution in [2.75, 3.05) is 6.67 Å². The lowest BCUT2D eigenvalue weighted by molar-refractivity contribution is 0.104. The monoisotopic (exact) mass is 895 g/mol. The van der Waals surface area contributed by atoms with Crippen molar-refractivity contribution >= 4 is 0 Å². The Kier molecular flexibility index (Phi) is 12.9. The van der Waals surface area contributed by atoms with Crippen molar-refractivity contribution in [2.45, 2.75) is 259 Å². The van der Waals surface area contributed by atoms with E-state index in [1.54, 1.807) is 134 Å². The van der Waals surface area contributed by atoms with E-state index in [0.717, 1.165) is 32.8 Å². The summed E-state index contributed by atoms with van der Waals surface area (Å²) in [5.74, 6) is 0. The van der Waals surface area contributed by atoms with Crippen molar-refractivity contribution in [3.8, 4) is 0 Å². The van der Waals surface area contributed by atoms with E-state index in [1.807, 2.05) is 0 Å². The Hall–Kier alpha value is -3.20. The molecule has 4 aromatic rings. The summed E-state index contributed by atoms with van der Waals surface area (Å²) in [7, 11) is 0. The molecule has 2 heteroatoms. The lowest BCUT2D eigenvalue weighted by Gasteiger charge is -2.39. The van der Waals surface area contributed by atoms with Gasteiger partial charge in [-0.15, -0.1) is 0 Å². The molecule has 0 fully saturated rings. The molecule has 0 saturated carbocycles. The van der Waals surface area contributed by atoms with Crippen molar-refractivity contribution in [1.82, 2.24) is 9.80 Å². The van der Waals surface area contributed by atoms with E-state index in [4.69, 9.17) is 0 Å². The van der Waals surface area contributed by atoms with Crippen LogP contribution in [0.25, 0.3) is 0 Å². The summed E-state index contributed by atoms with van der Waals surface area (Å²) < 4.78 is 0. The second kappa shape index (κ2) is 19.2. The van der Waals surface area contributed by atoms with Crippen molar-refractivity contribution in [2.24, 2.45) is 0 Å². The summed E-state index contributed by atoms with van der Waals surface area (Å²) in [6.07, 6.45) is 42.8. The molecule has 0 bridgehead atoms. The van der Waals surface area contributed by atoms with Crippen LogP contribution in [0.3, 0.4) is 0 Å². The van der Waals surface area contributed by atoms with Gasteiger partial charge in [0.15, 0.2) is 0 Å². The first-order valence-corrected chi connectivity index (χ1v) is 29.0. The molecule has 0 amide bonds. The summed E-state index contributed by atoms with van der Waals surface area (Å²) in [5.41, 5.74) is 42.7. The fourth-order valence-electron chi connectivity index (χ4n) is 16.9. The van der Waals surface area contributed by atoms with Crippen molar-refractivity contribution < 1.29 is 0 Å². The topological polar surface area (TPSA) is 6.48 Å². The number of hydrogen-bond acceptors (Lipinski definition) is 2. The molecular weight excluding hydrogens is 809 g/mol. The maximum atomic E-state index is 3.13. The van der Waals surface area contributed by atoms with Crippen LogP contribution in [0.5, 0.6) is 0 Å². The first kappa shape index (κ1) is 45.0. The summed E-state index contributed by atoms with van der Waals surface area (Å²) >= 11 is 0. The van der Waals surface area contributed by atoms with E-state index >= 15 is 0 Å². The van der Waals surface area contributed by atoms with Gasteiger partial charge in [-0.2, -0.15) is 0 Å².